The summed E-state index contributed by atoms with van der Waals surface area (Å²) < 4.78 is 0. The molecule has 27 heavy (non-hydrogen) atoms. The molecule has 3 aromatic rings. The van der Waals surface area contributed by atoms with Crippen LogP contribution in [0.3, 0.4) is 0 Å². The Hall–Kier alpha value is -3.47. The lowest BCUT2D eigenvalue weighted by Crippen LogP contribution is -2.05. The minimum absolute atomic E-state index is 0.0302. The van der Waals surface area contributed by atoms with Crippen LogP contribution in [0.4, 0.5) is 0 Å². The SMILES string of the molecule is Cc1cc(C(c2ccc(C=O)cc2)c2cc(C)c(O)cc2O)c(O)cc1O. The third-order valence-corrected chi connectivity index (χ3v) is 4.72. The molecule has 0 saturated carbocycles. The minimum atomic E-state index is -0.565. The van der Waals surface area contributed by atoms with E-state index in [-0.39, 0.29) is 23.0 Å². The third-order valence-electron chi connectivity index (χ3n) is 4.72. The fourth-order valence-electron chi connectivity index (χ4n) is 3.17. The molecular formula is C22H20O5. The van der Waals surface area contributed by atoms with E-state index in [9.17, 15) is 25.2 Å². The fraction of sp³-hybridized carbons (Fsp3) is 0.136. The van der Waals surface area contributed by atoms with Crippen molar-refractivity contribution in [3.63, 3.8) is 0 Å². The van der Waals surface area contributed by atoms with Gasteiger partial charge in [0.2, 0.25) is 0 Å². The van der Waals surface area contributed by atoms with Crippen molar-refractivity contribution < 1.29 is 25.2 Å². The van der Waals surface area contributed by atoms with E-state index in [1.807, 2.05) is 0 Å². The van der Waals surface area contributed by atoms with Crippen molar-refractivity contribution in [2.45, 2.75) is 19.8 Å². The number of aryl methyl sites for hydroxylation is 2. The Morgan fingerprint density at radius 3 is 1.56 bits per heavy atom. The summed E-state index contributed by atoms with van der Waals surface area (Å²) in [6.07, 6.45) is 0.739. The van der Waals surface area contributed by atoms with Crippen LogP contribution in [0.5, 0.6) is 23.0 Å². The lowest BCUT2D eigenvalue weighted by Gasteiger charge is -2.22. The van der Waals surface area contributed by atoms with Gasteiger partial charge >= 0.3 is 0 Å². The van der Waals surface area contributed by atoms with Crippen molar-refractivity contribution in [1.82, 2.24) is 0 Å². The number of phenols is 4. The molecule has 3 rings (SSSR count). The van der Waals surface area contributed by atoms with Gasteiger partial charge in [-0.2, -0.15) is 0 Å². The van der Waals surface area contributed by atoms with Crippen molar-refractivity contribution in [3.8, 4) is 23.0 Å². The van der Waals surface area contributed by atoms with Crippen molar-refractivity contribution in [2.75, 3.05) is 0 Å². The molecule has 0 aliphatic rings. The molecule has 0 heterocycles. The normalized spacial score (nSPS) is 10.9. The molecule has 0 aliphatic heterocycles. The molecule has 0 amide bonds. The molecular weight excluding hydrogens is 344 g/mol. The topological polar surface area (TPSA) is 98.0 Å². The van der Waals surface area contributed by atoms with Crippen LogP contribution < -0.4 is 0 Å². The second kappa shape index (κ2) is 7.03. The first-order valence-electron chi connectivity index (χ1n) is 8.42. The molecule has 0 aromatic heterocycles. The van der Waals surface area contributed by atoms with Crippen LogP contribution in [0.25, 0.3) is 0 Å². The van der Waals surface area contributed by atoms with Crippen LogP contribution in [0.15, 0.2) is 48.5 Å². The zero-order valence-corrected chi connectivity index (χ0v) is 15.0. The molecule has 0 saturated heterocycles. The van der Waals surface area contributed by atoms with E-state index >= 15 is 0 Å². The van der Waals surface area contributed by atoms with E-state index in [1.165, 1.54) is 12.1 Å². The number of hydrogen-bond donors (Lipinski definition) is 4. The van der Waals surface area contributed by atoms with Gasteiger partial charge in [-0.25, -0.2) is 0 Å². The summed E-state index contributed by atoms with van der Waals surface area (Å²) >= 11 is 0. The zero-order valence-electron chi connectivity index (χ0n) is 15.0. The average Bonchev–Trinajstić information content (AvgIpc) is 2.64. The van der Waals surface area contributed by atoms with Gasteiger partial charge in [0, 0.05) is 34.7 Å². The maximum absolute atomic E-state index is 11.0. The number of carbonyl (C=O) groups excluding carboxylic acids is 1. The smallest absolute Gasteiger partial charge is 0.150 e. The molecule has 4 N–H and O–H groups in total. The molecule has 5 heteroatoms. The van der Waals surface area contributed by atoms with Gasteiger partial charge in [0.05, 0.1) is 0 Å². The summed E-state index contributed by atoms with van der Waals surface area (Å²) in [5, 5.41) is 40.7. The summed E-state index contributed by atoms with van der Waals surface area (Å²) in [6.45, 7) is 3.43. The first-order valence-corrected chi connectivity index (χ1v) is 8.42. The molecule has 0 aliphatic carbocycles. The summed E-state index contributed by atoms with van der Waals surface area (Å²) in [7, 11) is 0. The molecule has 5 nitrogen and oxygen atoms in total. The standard InChI is InChI=1S/C22H20O5/c1-12-7-16(20(26)9-18(12)24)22(15-5-3-14(11-23)4-6-15)17-8-13(2)19(25)10-21(17)27/h3-11,22,24-27H,1-2H3. The van der Waals surface area contributed by atoms with Gasteiger partial charge in [-0.15, -0.1) is 0 Å². The highest BCUT2D eigenvalue weighted by molar-refractivity contribution is 5.75. The first-order chi connectivity index (χ1) is 12.8. The summed E-state index contributed by atoms with van der Waals surface area (Å²) in [5.41, 5.74) is 3.38. The maximum atomic E-state index is 11.0. The summed E-state index contributed by atoms with van der Waals surface area (Å²) in [4.78, 5) is 11.0. The molecule has 3 aromatic carbocycles. The molecule has 0 atom stereocenters. The number of rotatable bonds is 4. The minimum Gasteiger partial charge on any atom is -0.508 e. The average molecular weight is 364 g/mol. The van der Waals surface area contributed by atoms with Crippen molar-refractivity contribution in [1.29, 1.82) is 0 Å². The largest absolute Gasteiger partial charge is 0.508 e. The van der Waals surface area contributed by atoms with Gasteiger partial charge in [0.25, 0.3) is 0 Å². The van der Waals surface area contributed by atoms with Gasteiger partial charge in [-0.05, 0) is 42.7 Å². The molecule has 0 unspecified atom stereocenters. The van der Waals surface area contributed by atoms with Crippen LogP contribution in [-0.2, 0) is 0 Å². The van der Waals surface area contributed by atoms with E-state index in [4.69, 9.17) is 0 Å². The fourth-order valence-corrected chi connectivity index (χ4v) is 3.17. The molecule has 0 bridgehead atoms. The lowest BCUT2D eigenvalue weighted by atomic mass is 9.82. The number of aldehydes is 1. The van der Waals surface area contributed by atoms with Crippen LogP contribution in [0.1, 0.15) is 44.1 Å². The van der Waals surface area contributed by atoms with Gasteiger partial charge in [-0.1, -0.05) is 24.3 Å². The van der Waals surface area contributed by atoms with Gasteiger partial charge in [-0.3, -0.25) is 4.79 Å². The van der Waals surface area contributed by atoms with Crippen LogP contribution in [0, 0.1) is 13.8 Å². The second-order valence-corrected chi connectivity index (χ2v) is 6.61. The highest BCUT2D eigenvalue weighted by Gasteiger charge is 2.25. The van der Waals surface area contributed by atoms with Gasteiger partial charge in [0.1, 0.15) is 29.3 Å². The van der Waals surface area contributed by atoms with Gasteiger partial charge < -0.3 is 20.4 Å². The highest BCUT2D eigenvalue weighted by Crippen LogP contribution is 2.43. The Bertz CT molecular complexity index is 949. The second-order valence-electron chi connectivity index (χ2n) is 6.61. The summed E-state index contributed by atoms with van der Waals surface area (Å²) in [5.74, 6) is -0.862. The third kappa shape index (κ3) is 3.44. The van der Waals surface area contributed by atoms with E-state index in [0.717, 1.165) is 11.8 Å². The predicted molar refractivity (Wildman–Crippen MR) is 102 cm³/mol. The Morgan fingerprint density at radius 2 is 1.15 bits per heavy atom. The van der Waals surface area contributed by atoms with E-state index < -0.39 is 5.92 Å². The van der Waals surface area contributed by atoms with Crippen molar-refractivity contribution in [3.05, 3.63) is 81.9 Å². The molecule has 138 valence electrons. The monoisotopic (exact) mass is 364 g/mol. The van der Waals surface area contributed by atoms with E-state index in [0.29, 0.717) is 27.8 Å². The van der Waals surface area contributed by atoms with E-state index in [2.05, 4.69) is 0 Å². The molecule has 0 radical (unpaired) electrons. The van der Waals surface area contributed by atoms with Gasteiger partial charge in [0.15, 0.2) is 0 Å². The zero-order chi connectivity index (χ0) is 19.7. The Balaban J connectivity index is 2.28. The quantitative estimate of drug-likeness (QED) is 0.412. The molecule has 0 fully saturated rings. The number of hydrogen-bond acceptors (Lipinski definition) is 5. The Labute approximate surface area is 156 Å². The van der Waals surface area contributed by atoms with Crippen molar-refractivity contribution in [2.24, 2.45) is 0 Å². The highest BCUT2D eigenvalue weighted by atomic mass is 16.3. The number of benzene rings is 3. The van der Waals surface area contributed by atoms with Crippen LogP contribution >= 0.6 is 0 Å². The predicted octanol–water partition coefficient (Wildman–Crippen LogP) is 4.12. The number of aromatic hydroxyl groups is 4. The maximum Gasteiger partial charge on any atom is 0.150 e. The number of carbonyl (C=O) groups is 1. The summed E-state index contributed by atoms with van der Waals surface area (Å²) in [6, 6.07) is 12.7. The van der Waals surface area contributed by atoms with E-state index in [1.54, 1.807) is 50.2 Å². The van der Waals surface area contributed by atoms with Crippen molar-refractivity contribution >= 4 is 6.29 Å². The Morgan fingerprint density at radius 1 is 0.704 bits per heavy atom. The van der Waals surface area contributed by atoms with Crippen LogP contribution in [0.2, 0.25) is 0 Å². The molecule has 0 spiro atoms. The first kappa shape index (κ1) is 18.3. The lowest BCUT2D eigenvalue weighted by molar-refractivity contribution is 0.112. The Kier molecular flexibility index (Phi) is 4.77. The van der Waals surface area contributed by atoms with Crippen LogP contribution in [-0.4, -0.2) is 26.7 Å². The number of phenolic OH excluding ortho intramolecular Hbond substituents is 4.